The van der Waals surface area contributed by atoms with Crippen LogP contribution >= 0.6 is 11.6 Å². The highest BCUT2D eigenvalue weighted by Gasteiger charge is 2.35. The molecule has 1 aliphatic heterocycles. The lowest BCUT2D eigenvalue weighted by molar-refractivity contribution is -0.139. The van der Waals surface area contributed by atoms with Crippen molar-refractivity contribution in [1.29, 1.82) is 0 Å². The van der Waals surface area contributed by atoms with Crippen LogP contribution in [0.15, 0.2) is 64.6 Å². The smallest absolute Gasteiger partial charge is 0.310 e. The minimum absolute atomic E-state index is 0.127. The molecular weight excluding hydrogens is 502 g/mol. The summed E-state index contributed by atoms with van der Waals surface area (Å²) >= 11 is 6.22. The highest BCUT2D eigenvalue weighted by atomic mass is 35.5. The van der Waals surface area contributed by atoms with Gasteiger partial charge in [-0.05, 0) is 42.4 Å². The average Bonchev–Trinajstić information content (AvgIpc) is 3.24. The molecule has 3 atom stereocenters. The first kappa shape index (κ1) is 29.5. The fraction of sp³-hybridized carbons (Fsp3) is 0.467. The fourth-order valence-electron chi connectivity index (χ4n) is 4.90. The number of aliphatic hydroxyl groups excluding tert-OH is 1. The lowest BCUT2D eigenvalue weighted by Crippen LogP contribution is -2.32. The largest absolute Gasteiger partial charge is 0.481 e. The van der Waals surface area contributed by atoms with Crippen molar-refractivity contribution in [2.45, 2.75) is 76.9 Å². The van der Waals surface area contributed by atoms with Gasteiger partial charge in [-0.15, -0.1) is 0 Å². The number of rotatable bonds is 15. The Morgan fingerprint density at radius 3 is 2.26 bits per heavy atom. The van der Waals surface area contributed by atoms with Gasteiger partial charge in [-0.3, -0.25) is 14.6 Å². The van der Waals surface area contributed by atoms with E-state index in [1.807, 2.05) is 49.4 Å². The van der Waals surface area contributed by atoms with Crippen molar-refractivity contribution in [3.63, 3.8) is 0 Å². The van der Waals surface area contributed by atoms with Gasteiger partial charge in [0.2, 0.25) is 5.91 Å². The molecule has 1 aliphatic rings. The number of hydrogen-bond acceptors (Lipinski definition) is 5. The van der Waals surface area contributed by atoms with Crippen molar-refractivity contribution in [3.05, 3.63) is 71.3 Å². The Balaban J connectivity index is 1.63. The summed E-state index contributed by atoms with van der Waals surface area (Å²) < 4.78 is 0. The third-order valence-corrected chi connectivity index (χ3v) is 7.28. The van der Waals surface area contributed by atoms with Crippen LogP contribution in [0.4, 0.5) is 0 Å². The predicted octanol–water partition coefficient (Wildman–Crippen LogP) is 5.49. The van der Waals surface area contributed by atoms with E-state index >= 15 is 0 Å². The number of aliphatic imine (C=N–C) groups is 2. The molecule has 204 valence electrons. The predicted molar refractivity (Wildman–Crippen MR) is 152 cm³/mol. The van der Waals surface area contributed by atoms with E-state index in [0.29, 0.717) is 30.7 Å². The van der Waals surface area contributed by atoms with Crippen LogP contribution in [0.5, 0.6) is 0 Å². The van der Waals surface area contributed by atoms with Crippen LogP contribution in [0.1, 0.15) is 75.0 Å². The molecule has 3 N–H and O–H groups in total. The minimum atomic E-state index is -0.916. The number of carbonyl (C=O) groups is 2. The monoisotopic (exact) mass is 539 g/mol. The van der Waals surface area contributed by atoms with E-state index in [-0.39, 0.29) is 30.0 Å². The van der Waals surface area contributed by atoms with Crippen LogP contribution in [0.25, 0.3) is 0 Å². The molecule has 0 aliphatic carbocycles. The molecule has 3 rings (SSSR count). The second kappa shape index (κ2) is 14.2. The van der Waals surface area contributed by atoms with Gasteiger partial charge < -0.3 is 15.5 Å². The number of carboxylic acids is 1. The standard InChI is InChI=1S/C30H38ClN3O4/c1-3-5-16-30(33-26(20-35)27(31)34-30)18-21-12-14-22(15-13-21)19-32-28(36)24(9-4-2)17-25(29(37)38)23-10-7-6-8-11-23/h6-8,10-15,24-25,35H,3-5,9,16-20H2,1-2H3,(H,32,36)(H,37,38)/t24?,25-,30?/m1/s1. The summed E-state index contributed by atoms with van der Waals surface area (Å²) in [5.41, 5.74) is 2.45. The van der Waals surface area contributed by atoms with Gasteiger partial charge in [-0.25, -0.2) is 4.99 Å². The quantitative estimate of drug-likeness (QED) is 0.278. The first-order valence-electron chi connectivity index (χ1n) is 13.4. The number of benzene rings is 2. The Bertz CT molecular complexity index is 1130. The van der Waals surface area contributed by atoms with E-state index in [0.717, 1.165) is 36.8 Å². The molecule has 2 unspecified atom stereocenters. The van der Waals surface area contributed by atoms with Gasteiger partial charge in [0.25, 0.3) is 0 Å². The molecule has 0 saturated heterocycles. The van der Waals surface area contributed by atoms with Gasteiger partial charge in [-0.1, -0.05) is 92.9 Å². The zero-order valence-corrected chi connectivity index (χ0v) is 23.0. The van der Waals surface area contributed by atoms with Gasteiger partial charge in [0.05, 0.1) is 12.5 Å². The van der Waals surface area contributed by atoms with E-state index < -0.39 is 17.6 Å². The summed E-state index contributed by atoms with van der Waals surface area (Å²) in [6.07, 6.45) is 4.97. The maximum atomic E-state index is 13.1. The number of halogens is 1. The Morgan fingerprint density at radius 2 is 1.68 bits per heavy atom. The first-order chi connectivity index (χ1) is 18.3. The number of hydrogen-bond donors (Lipinski definition) is 3. The van der Waals surface area contributed by atoms with Crippen molar-refractivity contribution in [2.24, 2.45) is 15.9 Å². The molecule has 1 heterocycles. The van der Waals surface area contributed by atoms with Gasteiger partial charge >= 0.3 is 5.97 Å². The number of aliphatic hydroxyl groups is 1. The first-order valence-corrected chi connectivity index (χ1v) is 13.8. The van der Waals surface area contributed by atoms with Gasteiger partial charge in [0, 0.05) is 18.9 Å². The summed E-state index contributed by atoms with van der Waals surface area (Å²) in [5, 5.41) is 22.6. The maximum Gasteiger partial charge on any atom is 0.310 e. The zero-order chi connectivity index (χ0) is 27.5. The molecule has 7 nitrogen and oxygen atoms in total. The molecule has 0 saturated carbocycles. The van der Waals surface area contributed by atoms with Crippen molar-refractivity contribution in [1.82, 2.24) is 5.32 Å². The zero-order valence-electron chi connectivity index (χ0n) is 22.2. The van der Waals surface area contributed by atoms with Crippen molar-refractivity contribution in [2.75, 3.05) is 6.61 Å². The molecule has 2 aromatic rings. The number of unbranched alkanes of at least 4 members (excludes halogenated alkanes) is 1. The number of carbonyl (C=O) groups excluding carboxylic acids is 1. The van der Waals surface area contributed by atoms with Crippen LogP contribution in [0.3, 0.4) is 0 Å². The second-order valence-corrected chi connectivity index (χ2v) is 10.3. The molecule has 0 aromatic heterocycles. The Kier molecular flexibility index (Phi) is 11.0. The number of amides is 1. The van der Waals surface area contributed by atoms with E-state index in [1.165, 1.54) is 0 Å². The van der Waals surface area contributed by atoms with Crippen LogP contribution in [0, 0.1) is 5.92 Å². The Hall–Kier alpha value is -3.03. The molecule has 0 bridgehead atoms. The minimum Gasteiger partial charge on any atom is -0.481 e. The molecule has 0 radical (unpaired) electrons. The van der Waals surface area contributed by atoms with Gasteiger partial charge in [-0.2, -0.15) is 0 Å². The van der Waals surface area contributed by atoms with E-state index in [4.69, 9.17) is 11.6 Å². The second-order valence-electron chi connectivity index (χ2n) is 9.94. The Labute approximate surface area is 230 Å². The van der Waals surface area contributed by atoms with Crippen molar-refractivity contribution >= 4 is 34.4 Å². The fourth-order valence-corrected chi connectivity index (χ4v) is 5.16. The summed E-state index contributed by atoms with van der Waals surface area (Å²) in [6, 6.07) is 17.0. The van der Waals surface area contributed by atoms with Gasteiger partial charge in [0.15, 0.2) is 5.66 Å². The van der Waals surface area contributed by atoms with Crippen molar-refractivity contribution in [3.8, 4) is 0 Å². The molecule has 0 spiro atoms. The topological polar surface area (TPSA) is 111 Å². The van der Waals surface area contributed by atoms with E-state index in [2.05, 4.69) is 22.2 Å². The molecular formula is C30H38ClN3O4. The van der Waals surface area contributed by atoms with Crippen LogP contribution in [0.2, 0.25) is 0 Å². The lowest BCUT2D eigenvalue weighted by Gasteiger charge is -2.23. The van der Waals surface area contributed by atoms with E-state index in [9.17, 15) is 19.8 Å². The molecule has 38 heavy (non-hydrogen) atoms. The van der Waals surface area contributed by atoms with Crippen LogP contribution in [-0.4, -0.2) is 45.2 Å². The molecule has 2 aromatic carbocycles. The summed E-state index contributed by atoms with van der Waals surface area (Å²) in [5.74, 6) is -2.15. The number of nitrogens with one attached hydrogen (secondary N) is 1. The normalized spacial score (nSPS) is 18.4. The number of nitrogens with zero attached hydrogens (tertiary/aromatic N) is 2. The summed E-state index contributed by atoms with van der Waals surface area (Å²) in [7, 11) is 0. The SMILES string of the molecule is CCCCC1(Cc2ccc(CNC(=O)C(CCC)C[C@@H](C(=O)O)c3ccccc3)cc2)N=C(Cl)C(CO)=N1. The third-order valence-electron chi connectivity index (χ3n) is 6.97. The van der Waals surface area contributed by atoms with Crippen LogP contribution in [-0.2, 0) is 22.6 Å². The number of carboxylic acid groups (broad SMARTS) is 1. The molecule has 1 amide bonds. The van der Waals surface area contributed by atoms with Crippen LogP contribution < -0.4 is 5.32 Å². The molecule has 8 heteroatoms. The summed E-state index contributed by atoms with van der Waals surface area (Å²) in [6.45, 7) is 4.24. The highest BCUT2D eigenvalue weighted by molar-refractivity contribution is 6.84. The number of aliphatic carboxylic acids is 1. The third kappa shape index (κ3) is 7.98. The Morgan fingerprint density at radius 1 is 1.00 bits per heavy atom. The highest BCUT2D eigenvalue weighted by Crippen LogP contribution is 2.32. The maximum absolute atomic E-state index is 13.1. The van der Waals surface area contributed by atoms with E-state index in [1.54, 1.807) is 12.1 Å². The van der Waals surface area contributed by atoms with Gasteiger partial charge in [0.1, 0.15) is 10.9 Å². The average molecular weight is 540 g/mol. The summed E-state index contributed by atoms with van der Waals surface area (Å²) in [4.78, 5) is 34.3. The molecule has 0 fully saturated rings. The van der Waals surface area contributed by atoms with Crippen molar-refractivity contribution < 1.29 is 19.8 Å². The lowest BCUT2D eigenvalue weighted by atomic mass is 9.86.